The first-order valence-corrected chi connectivity index (χ1v) is 5.72. The van der Waals surface area contributed by atoms with Crippen molar-refractivity contribution in [2.24, 2.45) is 23.7 Å². The molecule has 2 rings (SSSR count). The first kappa shape index (κ1) is 9.00. The Labute approximate surface area is 81.8 Å². The summed E-state index contributed by atoms with van der Waals surface area (Å²) in [6.07, 6.45) is 7.95. The lowest BCUT2D eigenvalue weighted by Crippen LogP contribution is -2.26. The van der Waals surface area contributed by atoms with Crippen LogP contribution in [0, 0.1) is 23.7 Å². The van der Waals surface area contributed by atoms with Crippen molar-refractivity contribution < 1.29 is 9.59 Å². The highest BCUT2D eigenvalue weighted by Gasteiger charge is 2.47. The quantitative estimate of drug-likeness (QED) is 0.496. The maximum Gasteiger partial charge on any atom is 0.193 e. The van der Waals surface area contributed by atoms with Crippen LogP contribution in [0.1, 0.15) is 6.42 Å². The summed E-state index contributed by atoms with van der Waals surface area (Å²) in [5.74, 6) is 0.584. The molecule has 2 nitrogen and oxygen atoms in total. The lowest BCUT2D eigenvalue weighted by atomic mass is 9.85. The smallest absolute Gasteiger partial charge is 0.193 e. The van der Waals surface area contributed by atoms with Crippen LogP contribution in [0.4, 0.5) is 0 Å². The average molecular weight is 196 g/mol. The minimum atomic E-state index is -0.0463. The van der Waals surface area contributed by atoms with Gasteiger partial charge in [0, 0.05) is 11.8 Å². The molecule has 0 N–H and O–H groups in total. The van der Waals surface area contributed by atoms with Gasteiger partial charge in [0.05, 0.1) is 0 Å². The molecule has 70 valence electrons. The molecule has 0 radical (unpaired) electrons. The maximum absolute atomic E-state index is 11.5. The van der Waals surface area contributed by atoms with Crippen molar-refractivity contribution in [2.45, 2.75) is 6.42 Å². The highest BCUT2D eigenvalue weighted by Crippen LogP contribution is 2.48. The standard InChI is InChI=1S/C10H12O2S/c1-13-10(12)9-7-3-2-6(4-7)8(9)5-11/h2-3,5-9H,4H2,1H3/t6-,7+,8-,9+/m0/s1. The van der Waals surface area contributed by atoms with Gasteiger partial charge in [0.1, 0.15) is 6.29 Å². The van der Waals surface area contributed by atoms with Crippen LogP contribution in [-0.2, 0) is 9.59 Å². The zero-order chi connectivity index (χ0) is 9.42. The Hall–Kier alpha value is -0.570. The van der Waals surface area contributed by atoms with E-state index in [0.29, 0.717) is 11.8 Å². The molecular weight excluding hydrogens is 184 g/mol. The number of rotatable bonds is 2. The minimum absolute atomic E-state index is 0.0394. The Morgan fingerprint density at radius 3 is 2.77 bits per heavy atom. The van der Waals surface area contributed by atoms with Crippen LogP contribution in [0.3, 0.4) is 0 Å². The summed E-state index contributed by atoms with van der Waals surface area (Å²) in [4.78, 5) is 22.4. The second-order valence-corrected chi connectivity index (χ2v) is 4.52. The van der Waals surface area contributed by atoms with E-state index in [1.54, 1.807) is 6.26 Å². The molecule has 1 saturated carbocycles. The number of carbonyl (C=O) groups is 2. The first-order chi connectivity index (χ1) is 6.27. The van der Waals surface area contributed by atoms with Gasteiger partial charge in [-0.15, -0.1) is 0 Å². The second-order valence-electron chi connectivity index (χ2n) is 3.71. The monoisotopic (exact) mass is 196 g/mol. The van der Waals surface area contributed by atoms with Crippen LogP contribution in [0.5, 0.6) is 0 Å². The zero-order valence-corrected chi connectivity index (χ0v) is 8.29. The molecule has 13 heavy (non-hydrogen) atoms. The van der Waals surface area contributed by atoms with E-state index in [4.69, 9.17) is 0 Å². The van der Waals surface area contributed by atoms with Crippen LogP contribution in [-0.4, -0.2) is 17.7 Å². The highest BCUT2D eigenvalue weighted by molar-refractivity contribution is 8.13. The summed E-state index contributed by atoms with van der Waals surface area (Å²) in [6, 6.07) is 0. The number of aldehydes is 1. The molecule has 4 atom stereocenters. The molecule has 0 aromatic carbocycles. The van der Waals surface area contributed by atoms with E-state index in [1.807, 2.05) is 0 Å². The van der Waals surface area contributed by atoms with E-state index >= 15 is 0 Å². The third kappa shape index (κ3) is 1.26. The fourth-order valence-electron chi connectivity index (χ4n) is 2.51. The molecule has 0 aromatic heterocycles. The molecule has 0 spiro atoms. The van der Waals surface area contributed by atoms with Gasteiger partial charge in [-0.25, -0.2) is 0 Å². The lowest BCUT2D eigenvalue weighted by molar-refractivity contribution is -0.121. The highest BCUT2D eigenvalue weighted by atomic mass is 32.2. The molecule has 3 heteroatoms. The van der Waals surface area contributed by atoms with E-state index in [9.17, 15) is 9.59 Å². The van der Waals surface area contributed by atoms with E-state index in [1.165, 1.54) is 11.8 Å². The van der Waals surface area contributed by atoms with Gasteiger partial charge in [-0.2, -0.15) is 0 Å². The summed E-state index contributed by atoms with van der Waals surface area (Å²) >= 11 is 1.25. The van der Waals surface area contributed by atoms with Gasteiger partial charge >= 0.3 is 0 Å². The molecule has 0 unspecified atom stereocenters. The molecule has 2 aliphatic carbocycles. The van der Waals surface area contributed by atoms with Crippen molar-refractivity contribution in [2.75, 3.05) is 6.26 Å². The van der Waals surface area contributed by atoms with Gasteiger partial charge in [0.15, 0.2) is 5.12 Å². The largest absolute Gasteiger partial charge is 0.303 e. The molecule has 1 fully saturated rings. The van der Waals surface area contributed by atoms with Gasteiger partial charge in [0.25, 0.3) is 0 Å². The van der Waals surface area contributed by atoms with Gasteiger partial charge in [-0.05, 0) is 24.5 Å². The van der Waals surface area contributed by atoms with Gasteiger partial charge in [-0.3, -0.25) is 4.79 Å². The third-order valence-corrected chi connectivity index (χ3v) is 3.83. The van der Waals surface area contributed by atoms with Crippen molar-refractivity contribution in [1.82, 2.24) is 0 Å². The topological polar surface area (TPSA) is 34.1 Å². The third-order valence-electron chi connectivity index (χ3n) is 3.15. The van der Waals surface area contributed by atoms with Gasteiger partial charge in [-0.1, -0.05) is 23.9 Å². The number of hydrogen-bond acceptors (Lipinski definition) is 3. The number of carbonyl (C=O) groups excluding carboxylic acids is 2. The van der Waals surface area contributed by atoms with Gasteiger partial charge < -0.3 is 4.79 Å². The average Bonchev–Trinajstić information content (AvgIpc) is 2.74. The van der Waals surface area contributed by atoms with Crippen LogP contribution >= 0.6 is 11.8 Å². The SMILES string of the molecule is CSC(=O)[C@H]1[C@@H](C=O)[C@H]2C=C[C@@H]1C2. The van der Waals surface area contributed by atoms with Crippen LogP contribution in [0.15, 0.2) is 12.2 Å². The van der Waals surface area contributed by atoms with E-state index in [-0.39, 0.29) is 17.0 Å². The molecule has 0 aromatic rings. The van der Waals surface area contributed by atoms with E-state index in [2.05, 4.69) is 12.2 Å². The summed E-state index contributed by atoms with van der Waals surface area (Å²) < 4.78 is 0. The van der Waals surface area contributed by atoms with Crippen molar-refractivity contribution in [3.05, 3.63) is 12.2 Å². The van der Waals surface area contributed by atoms with E-state index in [0.717, 1.165) is 12.7 Å². The molecule has 0 amide bonds. The number of hydrogen-bond donors (Lipinski definition) is 0. The van der Waals surface area contributed by atoms with Crippen LogP contribution in [0.2, 0.25) is 0 Å². The Morgan fingerprint density at radius 2 is 2.15 bits per heavy atom. The predicted octanol–water partition coefficient (Wildman–Crippen LogP) is 1.51. The normalized spacial score (nSPS) is 41.0. The first-order valence-electron chi connectivity index (χ1n) is 4.49. The fraction of sp³-hybridized carbons (Fsp3) is 0.600. The predicted molar refractivity (Wildman–Crippen MR) is 52.3 cm³/mol. The Bertz CT molecular complexity index is 272. The number of allylic oxidation sites excluding steroid dienone is 2. The summed E-state index contributed by atoms with van der Waals surface area (Å²) in [5.41, 5.74) is 0. The Morgan fingerprint density at radius 1 is 1.46 bits per heavy atom. The Balaban J connectivity index is 2.23. The molecule has 2 aliphatic rings. The number of fused-ring (bicyclic) bond motifs is 2. The maximum atomic E-state index is 11.5. The summed E-state index contributed by atoms with van der Waals surface area (Å²) in [7, 11) is 0. The van der Waals surface area contributed by atoms with Crippen molar-refractivity contribution in [3.63, 3.8) is 0 Å². The molecule has 2 bridgehead atoms. The van der Waals surface area contributed by atoms with Crippen molar-refractivity contribution in [3.8, 4) is 0 Å². The lowest BCUT2D eigenvalue weighted by Gasteiger charge is -2.20. The van der Waals surface area contributed by atoms with Gasteiger partial charge in [0.2, 0.25) is 0 Å². The summed E-state index contributed by atoms with van der Waals surface area (Å²) in [6.45, 7) is 0. The van der Waals surface area contributed by atoms with Crippen LogP contribution in [0.25, 0.3) is 0 Å². The summed E-state index contributed by atoms with van der Waals surface area (Å²) in [5, 5.41) is 0.175. The van der Waals surface area contributed by atoms with Crippen molar-refractivity contribution >= 4 is 23.2 Å². The molecule has 0 aliphatic heterocycles. The number of thioether (sulfide) groups is 1. The Kier molecular flexibility index (Phi) is 2.28. The molecular formula is C10H12O2S. The van der Waals surface area contributed by atoms with Crippen molar-refractivity contribution in [1.29, 1.82) is 0 Å². The minimum Gasteiger partial charge on any atom is -0.303 e. The van der Waals surface area contributed by atoms with Crippen LogP contribution < -0.4 is 0 Å². The molecule has 0 heterocycles. The second kappa shape index (κ2) is 3.29. The molecule has 0 saturated heterocycles. The zero-order valence-electron chi connectivity index (χ0n) is 7.47. The fourth-order valence-corrected chi connectivity index (χ4v) is 3.12. The van der Waals surface area contributed by atoms with E-state index < -0.39 is 0 Å².